The summed E-state index contributed by atoms with van der Waals surface area (Å²) in [5.74, 6) is -3.20. The van der Waals surface area contributed by atoms with Crippen molar-refractivity contribution in [2.75, 3.05) is 45.7 Å². The monoisotopic (exact) mass is 528 g/mol. The summed E-state index contributed by atoms with van der Waals surface area (Å²) in [6, 6.07) is 5.95. The number of benzene rings is 1. The fourth-order valence-corrected chi connectivity index (χ4v) is 3.43. The van der Waals surface area contributed by atoms with Crippen molar-refractivity contribution in [3.05, 3.63) is 59.3 Å². The summed E-state index contributed by atoms with van der Waals surface area (Å²) < 4.78 is 55.1. The van der Waals surface area contributed by atoms with Crippen molar-refractivity contribution >= 4 is 23.3 Å². The van der Waals surface area contributed by atoms with Gasteiger partial charge in [0.2, 0.25) is 0 Å². The molecule has 202 valence electrons. The molecule has 1 fully saturated rings. The van der Waals surface area contributed by atoms with Crippen LogP contribution in [0.2, 0.25) is 0 Å². The number of carboxylic acids is 1. The van der Waals surface area contributed by atoms with Crippen LogP contribution in [0, 0.1) is 5.82 Å². The van der Waals surface area contributed by atoms with Crippen LogP contribution in [0.15, 0.2) is 30.8 Å². The van der Waals surface area contributed by atoms with E-state index in [-0.39, 0.29) is 18.1 Å². The Bertz CT molecular complexity index is 1090. The number of hydrogen-bond acceptors (Lipinski definition) is 8. The Morgan fingerprint density at radius 1 is 1.11 bits per heavy atom. The van der Waals surface area contributed by atoms with Gasteiger partial charge in [0.15, 0.2) is 11.5 Å². The Hall–Kier alpha value is -3.58. The number of carbonyl (C=O) groups is 2. The number of ether oxygens (including phenoxy) is 2. The Morgan fingerprint density at radius 3 is 2.22 bits per heavy atom. The average molecular weight is 529 g/mol. The minimum absolute atomic E-state index is 0.0719. The number of carbonyl (C=O) groups excluding carboxylic acids is 1. The first-order valence-electron chi connectivity index (χ1n) is 11.2. The van der Waals surface area contributed by atoms with Crippen LogP contribution in [0.1, 0.15) is 40.3 Å². The van der Waals surface area contributed by atoms with Gasteiger partial charge in [0.25, 0.3) is 0 Å². The van der Waals surface area contributed by atoms with Crippen molar-refractivity contribution in [2.45, 2.75) is 25.6 Å². The molecule has 13 heteroatoms. The predicted molar refractivity (Wildman–Crippen MR) is 126 cm³/mol. The first kappa shape index (κ1) is 29.6. The van der Waals surface area contributed by atoms with Gasteiger partial charge in [-0.3, -0.25) is 0 Å². The molecular formula is C24H28F4N4O5. The van der Waals surface area contributed by atoms with E-state index in [1.165, 1.54) is 39.2 Å². The normalized spacial score (nSPS) is 13.5. The maximum Gasteiger partial charge on any atom is 0.490 e. The van der Waals surface area contributed by atoms with E-state index in [9.17, 15) is 22.4 Å². The third-order valence-corrected chi connectivity index (χ3v) is 5.27. The van der Waals surface area contributed by atoms with E-state index in [1.54, 1.807) is 12.1 Å². The molecule has 3 rings (SSSR count). The summed E-state index contributed by atoms with van der Waals surface area (Å²) >= 11 is 0. The van der Waals surface area contributed by atoms with E-state index in [1.807, 2.05) is 0 Å². The summed E-state index contributed by atoms with van der Waals surface area (Å²) in [6.45, 7) is 7.97. The van der Waals surface area contributed by atoms with Crippen LogP contribution in [0.25, 0.3) is 5.57 Å². The minimum Gasteiger partial charge on any atom is -0.475 e. The zero-order chi connectivity index (χ0) is 27.6. The maximum absolute atomic E-state index is 13.4. The van der Waals surface area contributed by atoms with Crippen molar-refractivity contribution in [3.63, 3.8) is 0 Å². The van der Waals surface area contributed by atoms with E-state index in [2.05, 4.69) is 26.8 Å². The van der Waals surface area contributed by atoms with E-state index < -0.39 is 18.1 Å². The van der Waals surface area contributed by atoms with Crippen LogP contribution >= 0.6 is 0 Å². The first-order chi connectivity index (χ1) is 17.5. The molecule has 2 N–H and O–H groups in total. The molecule has 9 nitrogen and oxygen atoms in total. The lowest BCUT2D eigenvalue weighted by Gasteiger charge is -2.18. The molecule has 0 bridgehead atoms. The number of aromatic nitrogens is 2. The van der Waals surface area contributed by atoms with Crippen LogP contribution in [0.5, 0.6) is 0 Å². The molecular weight excluding hydrogens is 500 g/mol. The van der Waals surface area contributed by atoms with Gasteiger partial charge in [-0.2, -0.15) is 13.2 Å². The summed E-state index contributed by atoms with van der Waals surface area (Å²) in [5.41, 5.74) is 2.08. The lowest BCUT2D eigenvalue weighted by atomic mass is 10.0. The average Bonchev–Trinajstić information content (AvgIpc) is 3.37. The SMILES string of the molecule is C=C(c1ccc(F)cc1)c1nc(C(=O)OC)c(COC)nc1NCCN1CCCC1.O=C(O)C(F)(F)F. The second-order valence-electron chi connectivity index (χ2n) is 7.90. The summed E-state index contributed by atoms with van der Waals surface area (Å²) in [6.07, 6.45) is -2.64. The Morgan fingerprint density at radius 2 is 1.70 bits per heavy atom. The van der Waals surface area contributed by atoms with Crippen LogP contribution < -0.4 is 5.32 Å². The summed E-state index contributed by atoms with van der Waals surface area (Å²) in [5, 5.41) is 10.5. The molecule has 0 saturated carbocycles. The van der Waals surface area contributed by atoms with Gasteiger partial charge in [-0.15, -0.1) is 0 Å². The molecule has 0 amide bonds. The number of likely N-dealkylation sites (tertiary alicyclic amines) is 1. The van der Waals surface area contributed by atoms with Crippen LogP contribution in [0.3, 0.4) is 0 Å². The van der Waals surface area contributed by atoms with Crippen molar-refractivity contribution in [1.82, 2.24) is 14.9 Å². The summed E-state index contributed by atoms with van der Waals surface area (Å²) in [4.78, 5) is 32.7. The van der Waals surface area contributed by atoms with E-state index in [0.29, 0.717) is 34.9 Å². The largest absolute Gasteiger partial charge is 0.490 e. The highest BCUT2D eigenvalue weighted by Crippen LogP contribution is 2.27. The number of esters is 1. The van der Waals surface area contributed by atoms with Gasteiger partial charge in [-0.1, -0.05) is 18.7 Å². The number of aliphatic carboxylic acids is 1. The lowest BCUT2D eigenvalue weighted by molar-refractivity contribution is -0.192. The number of nitrogens with one attached hydrogen (secondary N) is 1. The molecule has 1 aliphatic rings. The summed E-state index contributed by atoms with van der Waals surface area (Å²) in [7, 11) is 2.81. The molecule has 1 saturated heterocycles. The molecule has 1 aromatic heterocycles. The van der Waals surface area contributed by atoms with E-state index >= 15 is 0 Å². The number of carboxylic acid groups (broad SMARTS) is 1. The molecule has 0 unspecified atom stereocenters. The number of rotatable bonds is 9. The number of alkyl halides is 3. The Balaban J connectivity index is 0.000000604. The Labute approximate surface area is 211 Å². The number of methoxy groups -OCH3 is 2. The van der Waals surface area contributed by atoms with Crippen molar-refractivity contribution < 1.29 is 41.7 Å². The highest BCUT2D eigenvalue weighted by Gasteiger charge is 2.38. The predicted octanol–water partition coefficient (Wildman–Crippen LogP) is 3.75. The molecule has 1 aromatic carbocycles. The maximum atomic E-state index is 13.4. The van der Waals surface area contributed by atoms with Crippen LogP contribution in [-0.4, -0.2) is 78.5 Å². The molecule has 0 aliphatic carbocycles. The number of nitrogens with zero attached hydrogens (tertiary/aromatic N) is 3. The first-order valence-corrected chi connectivity index (χ1v) is 11.2. The third-order valence-electron chi connectivity index (χ3n) is 5.27. The molecule has 0 spiro atoms. The van der Waals surface area contributed by atoms with Gasteiger partial charge in [0.1, 0.15) is 17.2 Å². The van der Waals surface area contributed by atoms with Gasteiger partial charge >= 0.3 is 18.1 Å². The minimum atomic E-state index is -5.08. The lowest BCUT2D eigenvalue weighted by Crippen LogP contribution is -2.27. The fraction of sp³-hybridized carbons (Fsp3) is 0.417. The topological polar surface area (TPSA) is 114 Å². The quantitative estimate of drug-likeness (QED) is 0.371. The highest BCUT2D eigenvalue weighted by molar-refractivity contribution is 5.90. The van der Waals surface area contributed by atoms with Crippen molar-refractivity contribution in [3.8, 4) is 0 Å². The molecule has 1 aliphatic heterocycles. The smallest absolute Gasteiger partial charge is 0.475 e. The second kappa shape index (κ2) is 13.7. The van der Waals surface area contributed by atoms with E-state index in [4.69, 9.17) is 19.4 Å². The molecule has 0 radical (unpaired) electrons. The fourth-order valence-electron chi connectivity index (χ4n) is 3.43. The second-order valence-corrected chi connectivity index (χ2v) is 7.90. The van der Waals surface area contributed by atoms with Crippen LogP contribution in [-0.2, 0) is 20.9 Å². The van der Waals surface area contributed by atoms with Crippen molar-refractivity contribution in [1.29, 1.82) is 0 Å². The van der Waals surface area contributed by atoms with Gasteiger partial charge in [0, 0.05) is 25.8 Å². The number of anilines is 1. The third kappa shape index (κ3) is 8.79. The molecule has 2 aromatic rings. The molecule has 37 heavy (non-hydrogen) atoms. The highest BCUT2D eigenvalue weighted by atomic mass is 19.4. The Kier molecular flexibility index (Phi) is 10.9. The zero-order valence-corrected chi connectivity index (χ0v) is 20.4. The molecule has 2 heterocycles. The van der Waals surface area contributed by atoms with Crippen molar-refractivity contribution in [2.24, 2.45) is 0 Å². The van der Waals surface area contributed by atoms with Gasteiger partial charge in [-0.25, -0.2) is 23.9 Å². The van der Waals surface area contributed by atoms with Gasteiger partial charge in [-0.05, 0) is 43.6 Å². The van der Waals surface area contributed by atoms with Gasteiger partial charge < -0.3 is 24.8 Å². The molecule has 0 atom stereocenters. The number of hydrogen-bond donors (Lipinski definition) is 2. The zero-order valence-electron chi connectivity index (χ0n) is 20.4. The standard InChI is InChI=1S/C22H27FN4O3.C2HF3O2/c1-15(16-6-8-17(23)9-7-16)19-21(24-10-13-27-11-4-5-12-27)25-18(14-29-2)20(26-19)22(28)30-3;3-2(4,5)1(6)7/h6-9H,1,4-5,10-14H2,2-3H3,(H,24,25);(H,6,7). The van der Waals surface area contributed by atoms with E-state index in [0.717, 1.165) is 19.6 Å². The van der Waals surface area contributed by atoms with Crippen LogP contribution in [0.4, 0.5) is 23.4 Å². The number of halogens is 4. The van der Waals surface area contributed by atoms with Gasteiger partial charge in [0.05, 0.1) is 13.7 Å².